The van der Waals surface area contributed by atoms with E-state index in [9.17, 15) is 5.11 Å². The Morgan fingerprint density at radius 1 is 1.69 bits per heavy atom. The van der Waals surface area contributed by atoms with Crippen LogP contribution >= 0.6 is 0 Å². The molecule has 72 valence electrons. The molecule has 4 nitrogen and oxygen atoms in total. The van der Waals surface area contributed by atoms with Crippen LogP contribution in [-0.4, -0.2) is 27.9 Å². The highest BCUT2D eigenvalue weighted by Gasteiger charge is 2.36. The Balaban J connectivity index is 2.39. The molecule has 1 aromatic rings. The lowest BCUT2D eigenvalue weighted by Gasteiger charge is -2.20. The van der Waals surface area contributed by atoms with Crippen molar-refractivity contribution < 1.29 is 9.84 Å². The van der Waals surface area contributed by atoms with Crippen LogP contribution in [0, 0.1) is 6.92 Å². The van der Waals surface area contributed by atoms with Gasteiger partial charge in [0.1, 0.15) is 11.4 Å². The molecule has 2 heterocycles. The van der Waals surface area contributed by atoms with E-state index in [1.165, 1.54) is 0 Å². The molecule has 2 rings (SSSR count). The molecule has 1 unspecified atom stereocenters. The van der Waals surface area contributed by atoms with Gasteiger partial charge < -0.3 is 14.4 Å². The summed E-state index contributed by atoms with van der Waals surface area (Å²) >= 11 is 0. The fourth-order valence-corrected chi connectivity index (χ4v) is 1.69. The highest BCUT2D eigenvalue weighted by Crippen LogP contribution is 2.29. The molecule has 1 N–H and O–H groups in total. The van der Waals surface area contributed by atoms with E-state index in [0.29, 0.717) is 19.6 Å². The van der Waals surface area contributed by atoms with Gasteiger partial charge in [-0.25, -0.2) is 4.98 Å². The van der Waals surface area contributed by atoms with Crippen molar-refractivity contribution in [2.45, 2.75) is 18.9 Å². The SMILES string of the molecule is Cc1ncc(C2(O)CCOC2)n1C. The number of aromatic nitrogens is 2. The first kappa shape index (κ1) is 8.72. The van der Waals surface area contributed by atoms with Crippen molar-refractivity contribution in [3.05, 3.63) is 17.7 Å². The number of rotatable bonds is 1. The predicted octanol–water partition coefficient (Wildman–Crippen LogP) is 0.336. The third-order valence-electron chi connectivity index (χ3n) is 2.70. The van der Waals surface area contributed by atoms with Crippen LogP contribution in [-0.2, 0) is 17.4 Å². The second kappa shape index (κ2) is 2.82. The summed E-state index contributed by atoms with van der Waals surface area (Å²) in [6.45, 7) is 2.93. The highest BCUT2D eigenvalue weighted by atomic mass is 16.5. The minimum Gasteiger partial charge on any atom is -0.381 e. The molecule has 1 fully saturated rings. The molecular formula is C9H14N2O2. The van der Waals surface area contributed by atoms with E-state index >= 15 is 0 Å². The molecule has 13 heavy (non-hydrogen) atoms. The zero-order chi connectivity index (χ0) is 9.47. The normalized spacial score (nSPS) is 28.2. The second-order valence-corrected chi connectivity index (χ2v) is 3.58. The molecule has 0 amide bonds. The lowest BCUT2D eigenvalue weighted by Crippen LogP contribution is -2.28. The second-order valence-electron chi connectivity index (χ2n) is 3.58. The third-order valence-corrected chi connectivity index (χ3v) is 2.70. The Morgan fingerprint density at radius 3 is 2.92 bits per heavy atom. The summed E-state index contributed by atoms with van der Waals surface area (Å²) in [5.74, 6) is 0.912. The van der Waals surface area contributed by atoms with Gasteiger partial charge in [-0.15, -0.1) is 0 Å². The van der Waals surface area contributed by atoms with Crippen LogP contribution in [0.3, 0.4) is 0 Å². The molecule has 1 aromatic heterocycles. The zero-order valence-electron chi connectivity index (χ0n) is 7.95. The predicted molar refractivity (Wildman–Crippen MR) is 47.3 cm³/mol. The Kier molecular flexibility index (Phi) is 1.89. The van der Waals surface area contributed by atoms with Crippen LogP contribution < -0.4 is 0 Å². The topological polar surface area (TPSA) is 47.3 Å². The summed E-state index contributed by atoms with van der Waals surface area (Å²) in [4.78, 5) is 4.15. The number of hydrogen-bond donors (Lipinski definition) is 1. The monoisotopic (exact) mass is 182 g/mol. The molecule has 4 heteroatoms. The Hall–Kier alpha value is -0.870. The van der Waals surface area contributed by atoms with Crippen molar-refractivity contribution in [2.75, 3.05) is 13.2 Å². The Bertz CT molecular complexity index is 313. The van der Waals surface area contributed by atoms with Gasteiger partial charge in [0, 0.05) is 20.1 Å². The Labute approximate surface area is 77.2 Å². The minimum absolute atomic E-state index is 0.381. The van der Waals surface area contributed by atoms with E-state index in [1.54, 1.807) is 6.20 Å². The molecule has 1 saturated heterocycles. The van der Waals surface area contributed by atoms with Crippen molar-refractivity contribution in [1.82, 2.24) is 9.55 Å². The van der Waals surface area contributed by atoms with Gasteiger partial charge in [0.15, 0.2) is 0 Å². The van der Waals surface area contributed by atoms with Crippen LogP contribution in [0.1, 0.15) is 17.9 Å². The summed E-state index contributed by atoms with van der Waals surface area (Å²) in [7, 11) is 1.91. The number of aryl methyl sites for hydroxylation is 1. The molecule has 1 aliphatic rings. The van der Waals surface area contributed by atoms with E-state index in [1.807, 2.05) is 18.5 Å². The molecule has 1 atom stereocenters. The van der Waals surface area contributed by atoms with Crippen molar-refractivity contribution in [2.24, 2.45) is 7.05 Å². The van der Waals surface area contributed by atoms with Crippen molar-refractivity contribution in [3.8, 4) is 0 Å². The molecule has 0 aromatic carbocycles. The fraction of sp³-hybridized carbons (Fsp3) is 0.667. The fourth-order valence-electron chi connectivity index (χ4n) is 1.69. The summed E-state index contributed by atoms with van der Waals surface area (Å²) < 4.78 is 7.10. The van der Waals surface area contributed by atoms with Crippen LogP contribution in [0.2, 0.25) is 0 Å². The standard InChI is InChI=1S/C9H14N2O2/c1-7-10-5-8(11(7)2)9(12)3-4-13-6-9/h5,12H,3-4,6H2,1-2H3. The van der Waals surface area contributed by atoms with Gasteiger partial charge in [0.05, 0.1) is 18.5 Å². The molecule has 0 aliphatic carbocycles. The van der Waals surface area contributed by atoms with Gasteiger partial charge >= 0.3 is 0 Å². The molecule has 0 radical (unpaired) electrons. The molecule has 0 saturated carbocycles. The lowest BCUT2D eigenvalue weighted by molar-refractivity contribution is 0.0169. The first-order valence-electron chi connectivity index (χ1n) is 4.42. The van der Waals surface area contributed by atoms with Crippen LogP contribution in [0.25, 0.3) is 0 Å². The van der Waals surface area contributed by atoms with Crippen molar-refractivity contribution >= 4 is 0 Å². The maximum Gasteiger partial charge on any atom is 0.131 e. The number of aliphatic hydroxyl groups is 1. The van der Waals surface area contributed by atoms with Crippen molar-refractivity contribution in [3.63, 3.8) is 0 Å². The van der Waals surface area contributed by atoms with E-state index in [0.717, 1.165) is 11.5 Å². The number of hydrogen-bond acceptors (Lipinski definition) is 3. The van der Waals surface area contributed by atoms with Crippen LogP contribution in [0.15, 0.2) is 6.20 Å². The van der Waals surface area contributed by atoms with Gasteiger partial charge in [0.2, 0.25) is 0 Å². The van der Waals surface area contributed by atoms with E-state index in [2.05, 4.69) is 4.98 Å². The summed E-state index contributed by atoms with van der Waals surface area (Å²) in [6, 6.07) is 0. The van der Waals surface area contributed by atoms with E-state index in [-0.39, 0.29) is 0 Å². The average Bonchev–Trinajstić information content (AvgIpc) is 2.63. The van der Waals surface area contributed by atoms with E-state index < -0.39 is 5.60 Å². The molecule has 0 spiro atoms. The lowest BCUT2D eigenvalue weighted by atomic mass is 10.00. The van der Waals surface area contributed by atoms with Gasteiger partial charge in [0.25, 0.3) is 0 Å². The zero-order valence-corrected chi connectivity index (χ0v) is 7.95. The van der Waals surface area contributed by atoms with Crippen LogP contribution in [0.5, 0.6) is 0 Å². The average molecular weight is 182 g/mol. The molecule has 0 bridgehead atoms. The van der Waals surface area contributed by atoms with Gasteiger partial charge in [-0.2, -0.15) is 0 Å². The maximum absolute atomic E-state index is 10.2. The number of ether oxygens (including phenoxy) is 1. The smallest absolute Gasteiger partial charge is 0.131 e. The summed E-state index contributed by atoms with van der Waals surface area (Å²) in [6.07, 6.45) is 2.38. The van der Waals surface area contributed by atoms with E-state index in [4.69, 9.17) is 4.74 Å². The summed E-state index contributed by atoms with van der Waals surface area (Å²) in [5, 5.41) is 10.2. The van der Waals surface area contributed by atoms with Crippen molar-refractivity contribution in [1.29, 1.82) is 0 Å². The number of nitrogens with zero attached hydrogens (tertiary/aromatic N) is 2. The molecular weight excluding hydrogens is 168 g/mol. The quantitative estimate of drug-likeness (QED) is 0.681. The third kappa shape index (κ3) is 1.26. The first-order chi connectivity index (χ1) is 6.13. The Morgan fingerprint density at radius 2 is 2.46 bits per heavy atom. The van der Waals surface area contributed by atoms with Gasteiger partial charge in [-0.1, -0.05) is 0 Å². The largest absolute Gasteiger partial charge is 0.381 e. The molecule has 1 aliphatic heterocycles. The summed E-state index contributed by atoms with van der Waals surface area (Å²) in [5.41, 5.74) is 0.0261. The number of imidazole rings is 1. The maximum atomic E-state index is 10.2. The highest BCUT2D eigenvalue weighted by molar-refractivity contribution is 5.14. The minimum atomic E-state index is -0.823. The van der Waals surface area contributed by atoms with Crippen LogP contribution in [0.4, 0.5) is 0 Å². The van der Waals surface area contributed by atoms with Gasteiger partial charge in [-0.3, -0.25) is 0 Å². The first-order valence-corrected chi connectivity index (χ1v) is 4.42. The van der Waals surface area contributed by atoms with Gasteiger partial charge in [-0.05, 0) is 6.92 Å².